The van der Waals surface area contributed by atoms with Crippen LogP contribution >= 0.6 is 11.3 Å². The average Bonchev–Trinajstić information content (AvgIpc) is 4.02. The number of piperazine rings is 1. The molecule has 4 aliphatic heterocycles. The molecule has 2 atom stereocenters. The summed E-state index contributed by atoms with van der Waals surface area (Å²) in [6, 6.07) is 26.0. The number of hydrogen-bond donors (Lipinski definition) is 3. The minimum Gasteiger partial charge on any atom is -0.384 e. The van der Waals surface area contributed by atoms with Crippen LogP contribution < -0.4 is 16.0 Å². The number of benzene rings is 4. The van der Waals surface area contributed by atoms with Gasteiger partial charge in [-0.15, -0.1) is 11.3 Å². The Kier molecular flexibility index (Phi) is 12.3. The van der Waals surface area contributed by atoms with Gasteiger partial charge in [-0.3, -0.25) is 54.0 Å². The Hall–Kier alpha value is -7.48. The molecule has 5 heterocycles. The lowest BCUT2D eigenvalue weighted by Crippen LogP contribution is -2.54. The van der Waals surface area contributed by atoms with Crippen molar-refractivity contribution in [2.24, 2.45) is 0 Å². The highest BCUT2D eigenvalue weighted by molar-refractivity contribution is 7.13. The van der Waals surface area contributed by atoms with E-state index in [0.717, 1.165) is 41.2 Å². The van der Waals surface area contributed by atoms with E-state index in [4.69, 9.17) is 0 Å². The Morgan fingerprint density at radius 1 is 0.831 bits per heavy atom. The fourth-order valence-corrected chi connectivity index (χ4v) is 9.24. The van der Waals surface area contributed by atoms with E-state index in [1.165, 1.54) is 11.3 Å². The van der Waals surface area contributed by atoms with Gasteiger partial charge in [0.2, 0.25) is 17.7 Å². The Morgan fingerprint density at radius 3 is 2.35 bits per heavy atom. The van der Waals surface area contributed by atoms with Gasteiger partial charge in [0.05, 0.1) is 11.1 Å². The van der Waals surface area contributed by atoms with Crippen molar-refractivity contribution in [3.05, 3.63) is 147 Å². The first kappa shape index (κ1) is 42.8. The third-order valence-electron chi connectivity index (χ3n) is 12.1. The lowest BCUT2D eigenvalue weighted by atomic mass is 10.0. The zero-order valence-corrected chi connectivity index (χ0v) is 36.1. The van der Waals surface area contributed by atoms with Crippen LogP contribution in [0.15, 0.2) is 103 Å². The molecule has 65 heavy (non-hydrogen) atoms. The molecule has 7 amide bonds. The van der Waals surface area contributed by atoms with Crippen LogP contribution in [0.2, 0.25) is 0 Å². The normalized spacial score (nSPS) is 17.6. The summed E-state index contributed by atoms with van der Waals surface area (Å²) < 4.78 is 0. The first-order valence-electron chi connectivity index (χ1n) is 21.5. The molecule has 2 unspecified atom stereocenters. The lowest BCUT2D eigenvalue weighted by molar-refractivity contribution is -0.136. The molecule has 5 aromatic rings. The van der Waals surface area contributed by atoms with Crippen molar-refractivity contribution in [3.63, 3.8) is 0 Å². The number of rotatable bonds is 12. The van der Waals surface area contributed by atoms with Crippen molar-refractivity contribution in [1.29, 1.82) is 0 Å². The second kappa shape index (κ2) is 18.7. The molecule has 15 nitrogen and oxygen atoms in total. The van der Waals surface area contributed by atoms with Crippen molar-refractivity contribution < 1.29 is 33.6 Å². The first-order chi connectivity index (χ1) is 31.6. The summed E-state index contributed by atoms with van der Waals surface area (Å²) in [5.41, 5.74) is 5.59. The SMILES string of the molecule is O=C1CCC(N2C(=O)c3cccc(NCCCC(=O)N4CCN(Cc5ccc(C#Cc6ccc7c(c6)C(=O)N(C(C(=O)Nc6nccs6)c6ccccc6)C7)cc5)CC4)c3C2=O)C(=O)N1. The molecule has 0 saturated carbocycles. The van der Waals surface area contributed by atoms with Crippen molar-refractivity contribution in [1.82, 2.24) is 29.9 Å². The predicted molar refractivity (Wildman–Crippen MR) is 241 cm³/mol. The lowest BCUT2D eigenvalue weighted by Gasteiger charge is -2.35. The van der Waals surface area contributed by atoms with Crippen LogP contribution in [-0.2, 0) is 32.3 Å². The summed E-state index contributed by atoms with van der Waals surface area (Å²) in [6.45, 7) is 4.13. The van der Waals surface area contributed by atoms with Crippen LogP contribution in [0.4, 0.5) is 10.8 Å². The van der Waals surface area contributed by atoms with Gasteiger partial charge in [-0.2, -0.15) is 0 Å². The van der Waals surface area contributed by atoms with Crippen molar-refractivity contribution in [2.45, 2.75) is 50.9 Å². The molecule has 328 valence electrons. The smallest absolute Gasteiger partial charge is 0.264 e. The number of amides is 7. The summed E-state index contributed by atoms with van der Waals surface area (Å²) in [4.78, 5) is 102. The van der Waals surface area contributed by atoms with Gasteiger partial charge >= 0.3 is 0 Å². The zero-order chi connectivity index (χ0) is 45.0. The number of anilines is 2. The maximum Gasteiger partial charge on any atom is 0.264 e. The number of thiazole rings is 1. The highest BCUT2D eigenvalue weighted by atomic mass is 32.1. The standard InChI is InChI=1S/C49H44N8O7S/c58-40-20-19-39(44(60)52-40)57-47(63)36-8-4-9-38(42(36)48(57)64)50-21-5-10-41(59)55-25-23-54(24-26-55)29-33-15-12-31(13-16-33)11-14-32-17-18-35-30-56(46(62)37(35)28-32)43(34-6-2-1-3-7-34)45(61)53-49-51-22-27-65-49/h1-4,6-9,12-13,15-18,22,27-28,39,43,50H,5,10,19-21,23-26,29-30H2,(H,51,53,61)(H,52,58,60). The van der Waals surface area contributed by atoms with E-state index in [9.17, 15) is 33.6 Å². The minimum atomic E-state index is -1.04. The van der Waals surface area contributed by atoms with Gasteiger partial charge < -0.3 is 15.1 Å². The van der Waals surface area contributed by atoms with Crippen molar-refractivity contribution >= 4 is 63.5 Å². The first-order valence-corrected chi connectivity index (χ1v) is 22.4. The molecule has 2 fully saturated rings. The second-order valence-corrected chi connectivity index (χ2v) is 17.1. The second-order valence-electron chi connectivity index (χ2n) is 16.3. The van der Waals surface area contributed by atoms with Gasteiger partial charge in [0.15, 0.2) is 5.13 Å². The highest BCUT2D eigenvalue weighted by Crippen LogP contribution is 2.34. The molecule has 0 aliphatic carbocycles. The molecule has 4 aliphatic rings. The summed E-state index contributed by atoms with van der Waals surface area (Å²) in [6.07, 6.45) is 2.59. The summed E-state index contributed by atoms with van der Waals surface area (Å²) in [5.74, 6) is 3.69. The van der Waals surface area contributed by atoms with Gasteiger partial charge in [-0.25, -0.2) is 4.98 Å². The molecule has 0 spiro atoms. The molecule has 1 aromatic heterocycles. The molecule has 4 aromatic carbocycles. The Morgan fingerprint density at radius 2 is 1.60 bits per heavy atom. The largest absolute Gasteiger partial charge is 0.384 e. The van der Waals surface area contributed by atoms with Crippen LogP contribution in [0.1, 0.15) is 90.6 Å². The third kappa shape index (κ3) is 9.15. The summed E-state index contributed by atoms with van der Waals surface area (Å²) in [7, 11) is 0. The van der Waals surface area contributed by atoms with Gasteiger partial charge in [0.25, 0.3) is 23.6 Å². The molecule has 3 N–H and O–H groups in total. The van der Waals surface area contributed by atoms with Crippen molar-refractivity contribution in [2.75, 3.05) is 43.4 Å². The molecule has 0 radical (unpaired) electrons. The number of aromatic nitrogens is 1. The maximum atomic E-state index is 13.8. The number of piperidine rings is 1. The van der Waals surface area contributed by atoms with E-state index in [0.29, 0.717) is 66.5 Å². The van der Waals surface area contributed by atoms with Gasteiger partial charge in [0.1, 0.15) is 12.1 Å². The van der Waals surface area contributed by atoms with Gasteiger partial charge in [-0.1, -0.05) is 66.4 Å². The number of fused-ring (bicyclic) bond motifs is 2. The highest BCUT2D eigenvalue weighted by Gasteiger charge is 2.45. The van der Waals surface area contributed by atoms with Crippen LogP contribution in [0.3, 0.4) is 0 Å². The molecule has 9 rings (SSSR count). The molecule has 16 heteroatoms. The van der Waals surface area contributed by atoms with E-state index in [2.05, 4.69) is 49.8 Å². The van der Waals surface area contributed by atoms with E-state index in [1.54, 1.807) is 40.7 Å². The molecular formula is C49H44N8O7S. The number of carbonyl (C=O) groups is 7. The van der Waals surface area contributed by atoms with Crippen LogP contribution in [-0.4, -0.2) is 105 Å². The monoisotopic (exact) mass is 888 g/mol. The minimum absolute atomic E-state index is 0.0481. The number of nitrogens with one attached hydrogen (secondary N) is 3. The number of nitrogens with zero attached hydrogens (tertiary/aromatic N) is 5. The predicted octanol–water partition coefficient (Wildman–Crippen LogP) is 4.82. The van der Waals surface area contributed by atoms with Crippen LogP contribution in [0.25, 0.3) is 0 Å². The molecule has 2 saturated heterocycles. The number of carbonyl (C=O) groups excluding carboxylic acids is 7. The number of imide groups is 2. The molecule has 0 bridgehead atoms. The molecular weight excluding hydrogens is 845 g/mol. The van der Waals surface area contributed by atoms with Crippen molar-refractivity contribution in [3.8, 4) is 11.8 Å². The van der Waals surface area contributed by atoms with E-state index >= 15 is 0 Å². The van der Waals surface area contributed by atoms with Crippen LogP contribution in [0.5, 0.6) is 0 Å². The average molecular weight is 889 g/mol. The maximum absolute atomic E-state index is 13.8. The Bertz CT molecular complexity index is 2760. The van der Waals surface area contributed by atoms with E-state index in [-0.39, 0.29) is 41.7 Å². The topological polar surface area (TPSA) is 181 Å². The van der Waals surface area contributed by atoms with E-state index in [1.807, 2.05) is 59.5 Å². The summed E-state index contributed by atoms with van der Waals surface area (Å²) >= 11 is 1.32. The Labute approximate surface area is 378 Å². The third-order valence-corrected chi connectivity index (χ3v) is 12.8. The fourth-order valence-electron chi connectivity index (χ4n) is 8.71. The zero-order valence-electron chi connectivity index (χ0n) is 35.2. The Balaban J connectivity index is 0.732. The quantitative estimate of drug-likeness (QED) is 0.0894. The van der Waals surface area contributed by atoms with Gasteiger partial charge in [-0.05, 0) is 65.9 Å². The number of hydrogen-bond acceptors (Lipinski definition) is 11. The fraction of sp³-hybridized carbons (Fsp3) is 0.265. The summed E-state index contributed by atoms with van der Waals surface area (Å²) in [5, 5.41) is 10.5. The van der Waals surface area contributed by atoms with Gasteiger partial charge in [0, 0.05) is 92.6 Å². The van der Waals surface area contributed by atoms with E-state index < -0.39 is 35.7 Å². The van der Waals surface area contributed by atoms with Crippen LogP contribution in [0, 0.1) is 11.8 Å².